The van der Waals surface area contributed by atoms with Gasteiger partial charge in [0.15, 0.2) is 0 Å². The molecule has 0 saturated heterocycles. The quantitative estimate of drug-likeness (QED) is 0.736. The fourth-order valence-corrected chi connectivity index (χ4v) is 2.19. The van der Waals surface area contributed by atoms with Gasteiger partial charge in [-0.3, -0.25) is 0 Å². The van der Waals surface area contributed by atoms with Crippen molar-refractivity contribution < 1.29 is 0 Å². The van der Waals surface area contributed by atoms with Crippen LogP contribution in [0.2, 0.25) is 0 Å². The van der Waals surface area contributed by atoms with Gasteiger partial charge in [0.2, 0.25) is 0 Å². The van der Waals surface area contributed by atoms with Gasteiger partial charge >= 0.3 is 0 Å². The number of anilines is 1. The zero-order valence-electron chi connectivity index (χ0n) is 13.2. The minimum atomic E-state index is 0.454. The van der Waals surface area contributed by atoms with Crippen LogP contribution in [0.5, 0.6) is 0 Å². The SMILES string of the molecule is C=CCN(CC=C)c1nc(C)cc(C)c1CNC(C)C. The topological polar surface area (TPSA) is 28.2 Å². The maximum atomic E-state index is 4.74. The van der Waals surface area contributed by atoms with Crippen LogP contribution < -0.4 is 10.2 Å². The zero-order chi connectivity index (χ0) is 15.1. The van der Waals surface area contributed by atoms with E-state index in [4.69, 9.17) is 4.98 Å². The smallest absolute Gasteiger partial charge is 0.134 e. The van der Waals surface area contributed by atoms with Crippen molar-refractivity contribution in [2.45, 2.75) is 40.3 Å². The standard InChI is InChI=1S/C17H27N3/c1-7-9-20(10-8-2)17-16(12-18-13(3)4)14(5)11-15(6)19-17/h7-8,11,13,18H,1-2,9-10,12H2,3-6H3. The van der Waals surface area contributed by atoms with E-state index in [9.17, 15) is 0 Å². The summed E-state index contributed by atoms with van der Waals surface area (Å²) in [7, 11) is 0. The van der Waals surface area contributed by atoms with Gasteiger partial charge in [0.25, 0.3) is 0 Å². The number of nitrogens with one attached hydrogen (secondary N) is 1. The first-order chi connectivity index (χ1) is 9.49. The van der Waals surface area contributed by atoms with E-state index in [1.807, 2.05) is 19.1 Å². The van der Waals surface area contributed by atoms with Crippen molar-refractivity contribution in [3.63, 3.8) is 0 Å². The van der Waals surface area contributed by atoms with Crippen LogP contribution in [-0.2, 0) is 6.54 Å². The first-order valence-corrected chi connectivity index (χ1v) is 7.16. The number of rotatable bonds is 8. The minimum Gasteiger partial charge on any atom is -0.349 e. The normalized spacial score (nSPS) is 10.7. The van der Waals surface area contributed by atoms with E-state index in [0.29, 0.717) is 6.04 Å². The summed E-state index contributed by atoms with van der Waals surface area (Å²) < 4.78 is 0. The van der Waals surface area contributed by atoms with Crippen molar-refractivity contribution in [3.05, 3.63) is 48.2 Å². The van der Waals surface area contributed by atoms with Gasteiger partial charge in [0.1, 0.15) is 5.82 Å². The van der Waals surface area contributed by atoms with E-state index in [-0.39, 0.29) is 0 Å². The van der Waals surface area contributed by atoms with Crippen molar-refractivity contribution in [3.8, 4) is 0 Å². The predicted octanol–water partition coefficient (Wildman–Crippen LogP) is 3.37. The highest BCUT2D eigenvalue weighted by Crippen LogP contribution is 2.23. The van der Waals surface area contributed by atoms with Crippen LogP contribution in [0.4, 0.5) is 5.82 Å². The maximum Gasteiger partial charge on any atom is 0.134 e. The van der Waals surface area contributed by atoms with E-state index < -0.39 is 0 Å². The van der Waals surface area contributed by atoms with Gasteiger partial charge in [-0.15, -0.1) is 13.2 Å². The zero-order valence-corrected chi connectivity index (χ0v) is 13.2. The molecule has 1 rings (SSSR count). The Labute approximate surface area is 123 Å². The average molecular weight is 273 g/mol. The molecule has 0 bridgehead atoms. The Hall–Kier alpha value is -1.61. The summed E-state index contributed by atoms with van der Waals surface area (Å²) in [4.78, 5) is 6.95. The summed E-state index contributed by atoms with van der Waals surface area (Å²) in [6, 6.07) is 2.59. The third-order valence-electron chi connectivity index (χ3n) is 3.14. The Morgan fingerprint density at radius 2 is 1.85 bits per heavy atom. The fourth-order valence-electron chi connectivity index (χ4n) is 2.19. The van der Waals surface area contributed by atoms with E-state index >= 15 is 0 Å². The van der Waals surface area contributed by atoms with Crippen molar-refractivity contribution in [1.29, 1.82) is 0 Å². The van der Waals surface area contributed by atoms with Crippen molar-refractivity contribution in [2.24, 2.45) is 0 Å². The highest BCUT2D eigenvalue weighted by molar-refractivity contribution is 5.52. The van der Waals surface area contributed by atoms with Crippen LogP contribution >= 0.6 is 0 Å². The van der Waals surface area contributed by atoms with Crippen LogP contribution in [-0.4, -0.2) is 24.1 Å². The molecule has 20 heavy (non-hydrogen) atoms. The molecule has 0 aliphatic rings. The van der Waals surface area contributed by atoms with E-state index in [1.165, 1.54) is 11.1 Å². The predicted molar refractivity (Wildman–Crippen MR) is 88.3 cm³/mol. The van der Waals surface area contributed by atoms with Gasteiger partial charge in [-0.25, -0.2) is 4.98 Å². The second-order valence-electron chi connectivity index (χ2n) is 5.40. The summed E-state index contributed by atoms with van der Waals surface area (Å²) in [6.45, 7) is 18.5. The van der Waals surface area contributed by atoms with Crippen LogP contribution in [0.1, 0.15) is 30.7 Å². The van der Waals surface area contributed by atoms with E-state index in [0.717, 1.165) is 31.1 Å². The van der Waals surface area contributed by atoms with Crippen molar-refractivity contribution >= 4 is 5.82 Å². The number of hydrogen-bond donors (Lipinski definition) is 1. The Morgan fingerprint density at radius 1 is 1.25 bits per heavy atom. The fraction of sp³-hybridized carbons (Fsp3) is 0.471. The van der Waals surface area contributed by atoms with Crippen molar-refractivity contribution in [2.75, 3.05) is 18.0 Å². The molecule has 0 atom stereocenters. The first-order valence-electron chi connectivity index (χ1n) is 7.16. The summed E-state index contributed by atoms with van der Waals surface area (Å²) in [5.74, 6) is 1.04. The summed E-state index contributed by atoms with van der Waals surface area (Å²) in [5.41, 5.74) is 3.58. The van der Waals surface area contributed by atoms with Gasteiger partial charge in [-0.05, 0) is 25.5 Å². The molecule has 1 aromatic heterocycles. The van der Waals surface area contributed by atoms with Crippen LogP contribution in [0, 0.1) is 13.8 Å². The second kappa shape index (κ2) is 7.85. The van der Waals surface area contributed by atoms with Gasteiger partial charge in [-0.1, -0.05) is 26.0 Å². The summed E-state index contributed by atoms with van der Waals surface area (Å²) in [6.07, 6.45) is 3.81. The Balaban J connectivity index is 3.18. The molecule has 3 nitrogen and oxygen atoms in total. The lowest BCUT2D eigenvalue weighted by Crippen LogP contribution is -2.29. The number of hydrogen-bond acceptors (Lipinski definition) is 3. The molecule has 0 unspecified atom stereocenters. The highest BCUT2D eigenvalue weighted by atomic mass is 15.2. The molecular weight excluding hydrogens is 246 g/mol. The number of aromatic nitrogens is 1. The third kappa shape index (κ3) is 4.49. The number of aryl methyl sites for hydroxylation is 2. The van der Waals surface area contributed by atoms with E-state index in [2.05, 4.69) is 50.2 Å². The molecule has 1 N–H and O–H groups in total. The van der Waals surface area contributed by atoms with Crippen LogP contribution in [0.15, 0.2) is 31.4 Å². The second-order valence-corrected chi connectivity index (χ2v) is 5.40. The molecule has 0 aliphatic heterocycles. The summed E-state index contributed by atoms with van der Waals surface area (Å²) >= 11 is 0. The average Bonchev–Trinajstić information content (AvgIpc) is 2.36. The Morgan fingerprint density at radius 3 is 2.35 bits per heavy atom. The lowest BCUT2D eigenvalue weighted by Gasteiger charge is -2.25. The molecule has 1 heterocycles. The van der Waals surface area contributed by atoms with Gasteiger partial charge < -0.3 is 10.2 Å². The monoisotopic (exact) mass is 273 g/mol. The van der Waals surface area contributed by atoms with Gasteiger partial charge in [-0.2, -0.15) is 0 Å². The van der Waals surface area contributed by atoms with Gasteiger partial charge in [0.05, 0.1) is 0 Å². The molecule has 3 heteroatoms. The van der Waals surface area contributed by atoms with Crippen LogP contribution in [0.3, 0.4) is 0 Å². The number of pyridine rings is 1. The number of nitrogens with zero attached hydrogens (tertiary/aromatic N) is 2. The maximum absolute atomic E-state index is 4.74. The largest absolute Gasteiger partial charge is 0.349 e. The molecular formula is C17H27N3. The molecule has 0 saturated carbocycles. The molecule has 0 spiro atoms. The van der Waals surface area contributed by atoms with Gasteiger partial charge in [0, 0.05) is 36.9 Å². The molecule has 0 fully saturated rings. The van der Waals surface area contributed by atoms with Crippen molar-refractivity contribution in [1.82, 2.24) is 10.3 Å². The summed E-state index contributed by atoms with van der Waals surface area (Å²) in [5, 5.41) is 3.48. The van der Waals surface area contributed by atoms with Crippen LogP contribution in [0.25, 0.3) is 0 Å². The molecule has 0 amide bonds. The molecule has 0 aliphatic carbocycles. The first kappa shape index (κ1) is 16.4. The highest BCUT2D eigenvalue weighted by Gasteiger charge is 2.14. The lowest BCUT2D eigenvalue weighted by atomic mass is 10.1. The molecule has 0 aromatic carbocycles. The molecule has 1 aromatic rings. The minimum absolute atomic E-state index is 0.454. The Bertz CT molecular complexity index is 454. The Kier molecular flexibility index (Phi) is 6.46. The molecule has 0 radical (unpaired) electrons. The van der Waals surface area contributed by atoms with E-state index in [1.54, 1.807) is 0 Å². The lowest BCUT2D eigenvalue weighted by molar-refractivity contribution is 0.585. The third-order valence-corrected chi connectivity index (χ3v) is 3.14. The molecule has 110 valence electrons.